The Morgan fingerprint density at radius 3 is 2.38 bits per heavy atom. The molecule has 1 saturated heterocycles. The van der Waals surface area contributed by atoms with Gasteiger partial charge in [0.05, 0.1) is 32.8 Å². The van der Waals surface area contributed by atoms with Gasteiger partial charge in [0.25, 0.3) is 0 Å². The molecular formula is C29H35N3O6S. The van der Waals surface area contributed by atoms with Crippen molar-refractivity contribution in [2.45, 2.75) is 31.2 Å². The summed E-state index contributed by atoms with van der Waals surface area (Å²) in [6.07, 6.45) is 3.51. The lowest BCUT2D eigenvalue weighted by molar-refractivity contribution is 0.0998. The van der Waals surface area contributed by atoms with Gasteiger partial charge in [0.1, 0.15) is 5.82 Å². The van der Waals surface area contributed by atoms with E-state index in [-0.39, 0.29) is 17.2 Å². The number of anilines is 1. The Morgan fingerprint density at radius 1 is 1.03 bits per heavy atom. The van der Waals surface area contributed by atoms with E-state index in [1.54, 1.807) is 51.8 Å². The zero-order chi connectivity index (χ0) is 28.0. The highest BCUT2D eigenvalue weighted by atomic mass is 32.2. The lowest BCUT2D eigenvalue weighted by atomic mass is 10.0. The molecule has 1 aliphatic rings. The van der Waals surface area contributed by atoms with E-state index in [0.717, 1.165) is 18.4 Å². The molecule has 9 nitrogen and oxygen atoms in total. The minimum atomic E-state index is -3.69. The van der Waals surface area contributed by atoms with Crippen LogP contribution in [0.4, 0.5) is 5.82 Å². The summed E-state index contributed by atoms with van der Waals surface area (Å²) < 4.78 is 44.6. The SMILES string of the molecule is COc1cc(CN(CC(=O)c2cccc(S(=O)(=O)N3CCCC(C)C3)c2)c2ccccn2)cc(OC)c1OC. The van der Waals surface area contributed by atoms with E-state index in [1.165, 1.54) is 10.4 Å². The lowest BCUT2D eigenvalue weighted by Crippen LogP contribution is -2.39. The van der Waals surface area contributed by atoms with Gasteiger partial charge in [0.15, 0.2) is 17.3 Å². The van der Waals surface area contributed by atoms with E-state index in [2.05, 4.69) is 11.9 Å². The third-order valence-electron chi connectivity index (χ3n) is 6.82. The van der Waals surface area contributed by atoms with E-state index in [4.69, 9.17) is 14.2 Å². The van der Waals surface area contributed by atoms with Crippen molar-refractivity contribution >= 4 is 21.6 Å². The molecule has 10 heteroatoms. The summed E-state index contributed by atoms with van der Waals surface area (Å²) in [4.78, 5) is 19.9. The number of aromatic nitrogens is 1. The number of carbonyl (C=O) groups is 1. The highest BCUT2D eigenvalue weighted by Crippen LogP contribution is 2.38. The van der Waals surface area contributed by atoms with Crippen LogP contribution in [0.25, 0.3) is 0 Å². The summed E-state index contributed by atoms with van der Waals surface area (Å²) in [7, 11) is 0.951. The van der Waals surface area contributed by atoms with Gasteiger partial charge in [-0.05, 0) is 60.7 Å². The fourth-order valence-corrected chi connectivity index (χ4v) is 6.46. The molecule has 39 heavy (non-hydrogen) atoms. The molecule has 0 amide bonds. The van der Waals surface area contributed by atoms with Crippen molar-refractivity contribution in [3.8, 4) is 17.2 Å². The van der Waals surface area contributed by atoms with Crippen LogP contribution in [0.3, 0.4) is 0 Å². The van der Waals surface area contributed by atoms with E-state index in [0.29, 0.717) is 54.2 Å². The summed E-state index contributed by atoms with van der Waals surface area (Å²) in [5.74, 6) is 2.17. The van der Waals surface area contributed by atoms with E-state index >= 15 is 0 Å². The van der Waals surface area contributed by atoms with Gasteiger partial charge < -0.3 is 19.1 Å². The first-order valence-electron chi connectivity index (χ1n) is 12.8. The fraction of sp³-hybridized carbons (Fsp3) is 0.379. The van der Waals surface area contributed by atoms with Crippen LogP contribution in [0.15, 0.2) is 65.7 Å². The number of piperidine rings is 1. The quantitative estimate of drug-likeness (QED) is 0.322. The van der Waals surface area contributed by atoms with Crippen molar-refractivity contribution in [3.63, 3.8) is 0 Å². The molecule has 2 heterocycles. The lowest BCUT2D eigenvalue weighted by Gasteiger charge is -2.30. The van der Waals surface area contributed by atoms with Crippen LogP contribution < -0.4 is 19.1 Å². The molecule has 1 aliphatic heterocycles. The first kappa shape index (κ1) is 28.4. The molecule has 208 valence electrons. The number of hydrogen-bond donors (Lipinski definition) is 0. The van der Waals surface area contributed by atoms with Crippen LogP contribution in [0, 0.1) is 5.92 Å². The topological polar surface area (TPSA) is 98.3 Å². The van der Waals surface area contributed by atoms with Crippen LogP contribution in [-0.4, -0.2) is 64.5 Å². The maximum atomic E-state index is 13.5. The number of benzene rings is 2. The Labute approximate surface area is 230 Å². The van der Waals surface area contributed by atoms with Crippen LogP contribution in [0.2, 0.25) is 0 Å². The third-order valence-corrected chi connectivity index (χ3v) is 8.68. The van der Waals surface area contributed by atoms with E-state index in [1.807, 2.05) is 29.2 Å². The maximum Gasteiger partial charge on any atom is 0.243 e. The molecule has 0 aliphatic carbocycles. The van der Waals surface area contributed by atoms with Crippen LogP contribution in [-0.2, 0) is 16.6 Å². The minimum absolute atomic E-state index is 0.0159. The Hall–Kier alpha value is -3.63. The van der Waals surface area contributed by atoms with Gasteiger partial charge in [-0.3, -0.25) is 4.79 Å². The second-order valence-corrected chi connectivity index (χ2v) is 11.6. The minimum Gasteiger partial charge on any atom is -0.493 e. The highest BCUT2D eigenvalue weighted by molar-refractivity contribution is 7.89. The second kappa shape index (κ2) is 12.5. The number of nitrogens with zero attached hydrogens (tertiary/aromatic N) is 3. The molecule has 0 radical (unpaired) electrons. The van der Waals surface area contributed by atoms with Gasteiger partial charge in [-0.2, -0.15) is 4.31 Å². The predicted octanol–water partition coefficient (Wildman–Crippen LogP) is 4.42. The predicted molar refractivity (Wildman–Crippen MR) is 149 cm³/mol. The number of pyridine rings is 1. The molecule has 1 aromatic heterocycles. The summed E-state index contributed by atoms with van der Waals surface area (Å²) in [6, 6.07) is 15.4. The van der Waals surface area contributed by atoms with Crippen molar-refractivity contribution in [1.82, 2.24) is 9.29 Å². The number of ketones is 1. The zero-order valence-electron chi connectivity index (χ0n) is 22.8. The van der Waals surface area contributed by atoms with Crippen molar-refractivity contribution in [2.24, 2.45) is 5.92 Å². The second-order valence-electron chi connectivity index (χ2n) is 9.64. The Morgan fingerprint density at radius 2 is 1.77 bits per heavy atom. The van der Waals surface area contributed by atoms with Gasteiger partial charge in [-0.15, -0.1) is 0 Å². The van der Waals surface area contributed by atoms with Crippen LogP contribution in [0.1, 0.15) is 35.7 Å². The fourth-order valence-electron chi connectivity index (χ4n) is 4.81. The Balaban J connectivity index is 1.61. The molecule has 0 spiro atoms. The van der Waals surface area contributed by atoms with Gasteiger partial charge in [0.2, 0.25) is 15.8 Å². The first-order chi connectivity index (χ1) is 18.8. The third kappa shape index (κ3) is 6.51. The number of sulfonamides is 1. The molecule has 1 fully saturated rings. The summed E-state index contributed by atoms with van der Waals surface area (Å²) in [5, 5.41) is 0. The molecule has 3 aromatic rings. The number of Topliss-reactive ketones (excluding diaryl/α,β-unsaturated/α-hetero) is 1. The molecule has 0 saturated carbocycles. The molecule has 0 N–H and O–H groups in total. The van der Waals surface area contributed by atoms with E-state index < -0.39 is 10.0 Å². The molecule has 4 rings (SSSR count). The average Bonchev–Trinajstić information content (AvgIpc) is 2.96. The Kier molecular flexibility index (Phi) is 9.08. The smallest absolute Gasteiger partial charge is 0.243 e. The molecule has 1 unspecified atom stereocenters. The van der Waals surface area contributed by atoms with Gasteiger partial charge >= 0.3 is 0 Å². The summed E-state index contributed by atoms with van der Waals surface area (Å²) in [6.45, 7) is 3.35. The molecular weight excluding hydrogens is 518 g/mol. The van der Waals surface area contributed by atoms with Gasteiger partial charge in [0, 0.05) is 31.4 Å². The molecule has 2 aromatic carbocycles. The standard InChI is InChI=1S/C29H35N3O6S/c1-21-9-8-14-32(18-21)39(34,35)24-11-7-10-23(17-24)25(33)20-31(28-12-5-6-13-30-28)19-22-15-26(36-2)29(38-4)27(16-22)37-3/h5-7,10-13,15-17,21H,8-9,14,18-20H2,1-4H3. The van der Waals surface area contributed by atoms with Crippen molar-refractivity contribution in [2.75, 3.05) is 45.9 Å². The molecule has 0 bridgehead atoms. The van der Waals surface area contributed by atoms with Crippen molar-refractivity contribution in [1.29, 1.82) is 0 Å². The zero-order valence-corrected chi connectivity index (χ0v) is 23.6. The normalized spacial score (nSPS) is 15.9. The van der Waals surface area contributed by atoms with E-state index in [9.17, 15) is 13.2 Å². The van der Waals surface area contributed by atoms with Crippen molar-refractivity contribution < 1.29 is 27.4 Å². The maximum absolute atomic E-state index is 13.5. The van der Waals surface area contributed by atoms with Gasteiger partial charge in [-0.1, -0.05) is 25.1 Å². The summed E-state index contributed by atoms with van der Waals surface area (Å²) in [5.41, 5.74) is 1.14. The number of carbonyl (C=O) groups excluding carboxylic acids is 1. The number of ether oxygens (including phenoxy) is 3. The average molecular weight is 554 g/mol. The van der Waals surface area contributed by atoms with Crippen LogP contribution >= 0.6 is 0 Å². The highest BCUT2D eigenvalue weighted by Gasteiger charge is 2.29. The Bertz CT molecular complexity index is 1370. The monoisotopic (exact) mass is 553 g/mol. The van der Waals surface area contributed by atoms with Crippen molar-refractivity contribution in [3.05, 3.63) is 71.9 Å². The van der Waals surface area contributed by atoms with Gasteiger partial charge in [-0.25, -0.2) is 13.4 Å². The number of methoxy groups -OCH3 is 3. The largest absolute Gasteiger partial charge is 0.493 e. The van der Waals surface area contributed by atoms with Crippen LogP contribution in [0.5, 0.6) is 17.2 Å². The molecule has 1 atom stereocenters. The number of rotatable bonds is 11. The summed E-state index contributed by atoms with van der Waals surface area (Å²) >= 11 is 0. The first-order valence-corrected chi connectivity index (χ1v) is 14.3. The number of hydrogen-bond acceptors (Lipinski definition) is 8.